The lowest BCUT2D eigenvalue weighted by molar-refractivity contribution is 0.0531. The molecule has 2 heterocycles. The van der Waals surface area contributed by atoms with Crippen molar-refractivity contribution in [1.82, 2.24) is 19.6 Å². The Morgan fingerprint density at radius 3 is 2.29 bits per heavy atom. The maximum Gasteiger partial charge on any atom is 0.274 e. The molecule has 34 heavy (non-hydrogen) atoms. The van der Waals surface area contributed by atoms with Gasteiger partial charge in [-0.05, 0) is 68.1 Å². The topological polar surface area (TPSA) is 67.7 Å². The number of methoxy groups -OCH3 is 1. The zero-order valence-corrected chi connectivity index (χ0v) is 19.4. The third-order valence-corrected chi connectivity index (χ3v) is 6.71. The first-order valence-corrected chi connectivity index (χ1v) is 11.6. The molecule has 0 atom stereocenters. The molecule has 0 unspecified atom stereocenters. The van der Waals surface area contributed by atoms with Gasteiger partial charge in [0, 0.05) is 43.0 Å². The van der Waals surface area contributed by atoms with Crippen molar-refractivity contribution in [3.05, 3.63) is 76.4 Å². The summed E-state index contributed by atoms with van der Waals surface area (Å²) in [4.78, 5) is 29.9. The minimum Gasteiger partial charge on any atom is -0.496 e. The number of ether oxygens (including phenoxy) is 1. The third-order valence-electron chi connectivity index (χ3n) is 6.71. The van der Waals surface area contributed by atoms with Gasteiger partial charge in [0.15, 0.2) is 5.69 Å². The van der Waals surface area contributed by atoms with Crippen LogP contribution in [0.1, 0.15) is 44.1 Å². The van der Waals surface area contributed by atoms with Crippen LogP contribution in [0.3, 0.4) is 0 Å². The number of hydrogen-bond donors (Lipinski definition) is 0. The summed E-state index contributed by atoms with van der Waals surface area (Å²) in [5.41, 5.74) is 4.79. The number of halogens is 1. The zero-order valence-electron chi connectivity index (χ0n) is 19.4. The molecule has 3 aromatic rings. The molecule has 1 aliphatic heterocycles. The fourth-order valence-electron chi connectivity index (χ4n) is 4.80. The summed E-state index contributed by atoms with van der Waals surface area (Å²) in [6, 6.07) is 11.6. The van der Waals surface area contributed by atoms with Crippen molar-refractivity contribution < 1.29 is 18.7 Å². The van der Waals surface area contributed by atoms with E-state index in [9.17, 15) is 14.0 Å². The monoisotopic (exact) mass is 462 g/mol. The van der Waals surface area contributed by atoms with Gasteiger partial charge in [-0.25, -0.2) is 9.07 Å². The first kappa shape index (κ1) is 22.1. The maximum atomic E-state index is 13.4. The van der Waals surface area contributed by atoms with E-state index in [4.69, 9.17) is 4.74 Å². The quantitative estimate of drug-likeness (QED) is 0.596. The van der Waals surface area contributed by atoms with E-state index < -0.39 is 0 Å². The van der Waals surface area contributed by atoms with Gasteiger partial charge < -0.3 is 14.5 Å². The van der Waals surface area contributed by atoms with Gasteiger partial charge in [0.05, 0.1) is 12.8 Å². The Balaban J connectivity index is 1.31. The number of nitrogens with zero attached hydrogens (tertiary/aromatic N) is 4. The second kappa shape index (κ2) is 8.93. The highest BCUT2D eigenvalue weighted by atomic mass is 19.1. The molecule has 5 rings (SSSR count). The highest BCUT2D eigenvalue weighted by Gasteiger charge is 2.32. The number of aryl methyl sites for hydroxylation is 1. The summed E-state index contributed by atoms with van der Waals surface area (Å²) >= 11 is 0. The fraction of sp³-hybridized carbons (Fsp3) is 0.346. The summed E-state index contributed by atoms with van der Waals surface area (Å²) in [5.74, 6) is 0.209. The number of rotatable bonds is 4. The molecular weight excluding hydrogens is 435 g/mol. The predicted molar refractivity (Wildman–Crippen MR) is 125 cm³/mol. The number of amides is 2. The van der Waals surface area contributed by atoms with E-state index in [0.717, 1.165) is 41.8 Å². The zero-order chi connectivity index (χ0) is 23.8. The van der Waals surface area contributed by atoms with Crippen LogP contribution in [-0.2, 0) is 12.8 Å². The van der Waals surface area contributed by atoms with E-state index in [0.29, 0.717) is 43.2 Å². The number of carbonyl (C=O) groups is 2. The number of piperazine rings is 1. The molecule has 8 heteroatoms. The van der Waals surface area contributed by atoms with Crippen LogP contribution in [0.25, 0.3) is 5.69 Å². The molecule has 0 bridgehead atoms. The van der Waals surface area contributed by atoms with Crippen LogP contribution in [0.15, 0.2) is 42.5 Å². The van der Waals surface area contributed by atoms with Crippen molar-refractivity contribution in [3.8, 4) is 11.4 Å². The fourth-order valence-corrected chi connectivity index (χ4v) is 4.80. The largest absolute Gasteiger partial charge is 0.496 e. The van der Waals surface area contributed by atoms with Crippen molar-refractivity contribution in [2.75, 3.05) is 33.3 Å². The van der Waals surface area contributed by atoms with Crippen LogP contribution in [0, 0.1) is 12.7 Å². The second-order valence-corrected chi connectivity index (χ2v) is 8.78. The number of aromatic nitrogens is 2. The number of carbonyl (C=O) groups excluding carboxylic acids is 2. The smallest absolute Gasteiger partial charge is 0.274 e. The first-order chi connectivity index (χ1) is 16.5. The standard InChI is InChI=1S/C26H27FN4O3/c1-17-6-7-18(16-23(17)34-2)25(32)29-12-14-30(15-13-29)26(33)24-21-4-3-5-22(21)31(28-24)20-10-8-19(27)9-11-20/h6-11,16H,3-5,12-15H2,1-2H3. The van der Waals surface area contributed by atoms with Gasteiger partial charge in [0.2, 0.25) is 0 Å². The highest BCUT2D eigenvalue weighted by molar-refractivity contribution is 5.96. The predicted octanol–water partition coefficient (Wildman–Crippen LogP) is 3.42. The lowest BCUT2D eigenvalue weighted by Gasteiger charge is -2.34. The molecule has 1 aromatic heterocycles. The summed E-state index contributed by atoms with van der Waals surface area (Å²) in [5, 5.41) is 4.64. The van der Waals surface area contributed by atoms with E-state index in [1.807, 2.05) is 19.1 Å². The van der Waals surface area contributed by atoms with Crippen LogP contribution in [-0.4, -0.2) is 64.7 Å². The van der Waals surface area contributed by atoms with E-state index >= 15 is 0 Å². The van der Waals surface area contributed by atoms with E-state index in [2.05, 4.69) is 5.10 Å². The lowest BCUT2D eigenvalue weighted by atomic mass is 10.1. The van der Waals surface area contributed by atoms with E-state index in [1.165, 1.54) is 12.1 Å². The Morgan fingerprint density at radius 1 is 0.941 bits per heavy atom. The third kappa shape index (κ3) is 3.93. The number of hydrogen-bond acceptors (Lipinski definition) is 4. The second-order valence-electron chi connectivity index (χ2n) is 8.78. The molecular formula is C26H27FN4O3. The molecule has 0 N–H and O–H groups in total. The molecule has 1 aliphatic carbocycles. The van der Waals surface area contributed by atoms with Crippen LogP contribution in [0.5, 0.6) is 5.75 Å². The summed E-state index contributed by atoms with van der Waals surface area (Å²) in [7, 11) is 1.59. The van der Waals surface area contributed by atoms with Gasteiger partial charge in [-0.1, -0.05) is 6.07 Å². The number of benzene rings is 2. The summed E-state index contributed by atoms with van der Waals surface area (Å²) < 4.78 is 20.5. The Kier molecular flexibility index (Phi) is 5.81. The minimum absolute atomic E-state index is 0.0631. The van der Waals surface area contributed by atoms with Crippen molar-refractivity contribution in [2.45, 2.75) is 26.2 Å². The summed E-state index contributed by atoms with van der Waals surface area (Å²) in [6.07, 6.45) is 2.62. The molecule has 1 saturated heterocycles. The average molecular weight is 463 g/mol. The summed E-state index contributed by atoms with van der Waals surface area (Å²) in [6.45, 7) is 3.76. The Bertz CT molecular complexity index is 1240. The van der Waals surface area contributed by atoms with Gasteiger partial charge in [-0.15, -0.1) is 0 Å². The van der Waals surface area contributed by atoms with Crippen molar-refractivity contribution in [1.29, 1.82) is 0 Å². The Labute approximate surface area is 197 Å². The number of fused-ring (bicyclic) bond motifs is 1. The molecule has 2 aliphatic rings. The van der Waals surface area contributed by atoms with Gasteiger partial charge >= 0.3 is 0 Å². The molecule has 0 saturated carbocycles. The van der Waals surface area contributed by atoms with Gasteiger partial charge in [-0.3, -0.25) is 9.59 Å². The van der Waals surface area contributed by atoms with Crippen molar-refractivity contribution >= 4 is 11.8 Å². The first-order valence-electron chi connectivity index (χ1n) is 11.6. The minimum atomic E-state index is -0.305. The van der Waals surface area contributed by atoms with Crippen LogP contribution in [0.2, 0.25) is 0 Å². The SMILES string of the molecule is COc1cc(C(=O)N2CCN(C(=O)c3nn(-c4ccc(F)cc4)c4c3CCC4)CC2)ccc1C. The molecule has 2 aromatic carbocycles. The molecule has 2 amide bonds. The maximum absolute atomic E-state index is 13.4. The van der Waals surface area contributed by atoms with Crippen molar-refractivity contribution in [2.24, 2.45) is 0 Å². The van der Waals surface area contributed by atoms with Gasteiger partial charge in [0.1, 0.15) is 11.6 Å². The highest BCUT2D eigenvalue weighted by Crippen LogP contribution is 2.29. The van der Waals surface area contributed by atoms with Crippen molar-refractivity contribution in [3.63, 3.8) is 0 Å². The van der Waals surface area contributed by atoms with E-state index in [-0.39, 0.29) is 17.6 Å². The van der Waals surface area contributed by atoms with Crippen LogP contribution >= 0.6 is 0 Å². The normalized spacial score (nSPS) is 15.4. The molecule has 7 nitrogen and oxygen atoms in total. The van der Waals surface area contributed by atoms with Gasteiger partial charge in [-0.2, -0.15) is 5.10 Å². The van der Waals surface area contributed by atoms with E-state index in [1.54, 1.807) is 39.8 Å². The Morgan fingerprint density at radius 2 is 1.62 bits per heavy atom. The molecule has 176 valence electrons. The average Bonchev–Trinajstić information content (AvgIpc) is 3.47. The van der Waals surface area contributed by atoms with Crippen LogP contribution in [0.4, 0.5) is 4.39 Å². The lowest BCUT2D eigenvalue weighted by Crippen LogP contribution is -2.50. The van der Waals surface area contributed by atoms with Gasteiger partial charge in [0.25, 0.3) is 11.8 Å². The molecule has 1 fully saturated rings. The molecule has 0 radical (unpaired) electrons. The molecule has 0 spiro atoms. The Hall–Kier alpha value is -3.68. The van der Waals surface area contributed by atoms with Crippen LogP contribution < -0.4 is 4.74 Å².